The predicted molar refractivity (Wildman–Crippen MR) is 58.0 cm³/mol. The summed E-state index contributed by atoms with van der Waals surface area (Å²) in [4.78, 5) is 21.8. The first kappa shape index (κ1) is 12.5. The van der Waals surface area contributed by atoms with Crippen LogP contribution in [0.25, 0.3) is 0 Å². The smallest absolute Gasteiger partial charge is 0.332 e. The largest absolute Gasteiger partial charge is 0.479 e. The molecule has 98 valence electrons. The van der Waals surface area contributed by atoms with Crippen LogP contribution >= 0.6 is 0 Å². The molecule has 1 fully saturated rings. The van der Waals surface area contributed by atoms with Gasteiger partial charge in [0.25, 0.3) is 5.91 Å². The standard InChI is InChI=1S/C10H13N3O5/c1-5(9(15)16)17-4-7(14)11-10-13-12-8(18-10)6-2-3-6/h5-6H,2-4H2,1H3,(H,15,16)(H,11,13,14). The molecule has 1 aliphatic rings. The topological polar surface area (TPSA) is 115 Å². The fraction of sp³-hybridized carbons (Fsp3) is 0.600. The molecule has 1 aliphatic carbocycles. The zero-order chi connectivity index (χ0) is 13.1. The lowest BCUT2D eigenvalue weighted by atomic mass is 10.4. The molecule has 0 radical (unpaired) electrons. The number of carboxylic acid groups (broad SMARTS) is 1. The van der Waals surface area contributed by atoms with Crippen LogP contribution in [0.2, 0.25) is 0 Å². The van der Waals surface area contributed by atoms with E-state index in [2.05, 4.69) is 15.5 Å². The van der Waals surface area contributed by atoms with Crippen LogP contribution in [-0.4, -0.2) is 39.9 Å². The molecule has 1 aromatic rings. The normalized spacial score (nSPS) is 16.3. The summed E-state index contributed by atoms with van der Waals surface area (Å²) in [6.07, 6.45) is 1.00. The summed E-state index contributed by atoms with van der Waals surface area (Å²) in [6.45, 7) is 0.960. The maximum absolute atomic E-state index is 11.4. The molecule has 1 atom stereocenters. The van der Waals surface area contributed by atoms with E-state index < -0.39 is 18.0 Å². The molecule has 0 saturated heterocycles. The van der Waals surface area contributed by atoms with Crippen molar-refractivity contribution < 1.29 is 23.8 Å². The molecular weight excluding hydrogens is 242 g/mol. The second-order valence-electron chi connectivity index (χ2n) is 4.06. The Balaban J connectivity index is 1.77. The van der Waals surface area contributed by atoms with Crippen LogP contribution in [0.4, 0.5) is 6.01 Å². The quantitative estimate of drug-likeness (QED) is 0.754. The van der Waals surface area contributed by atoms with Crippen LogP contribution in [0.1, 0.15) is 31.6 Å². The zero-order valence-corrected chi connectivity index (χ0v) is 9.75. The number of nitrogens with zero attached hydrogens (tertiary/aromatic N) is 2. The van der Waals surface area contributed by atoms with Crippen molar-refractivity contribution in [2.75, 3.05) is 11.9 Å². The molecule has 0 aliphatic heterocycles. The number of carbonyl (C=O) groups is 2. The lowest BCUT2D eigenvalue weighted by molar-refractivity contribution is -0.150. The number of rotatable bonds is 6. The van der Waals surface area contributed by atoms with Crippen molar-refractivity contribution >= 4 is 17.9 Å². The number of carbonyl (C=O) groups excluding carboxylic acids is 1. The van der Waals surface area contributed by atoms with Crippen molar-refractivity contribution in [3.63, 3.8) is 0 Å². The van der Waals surface area contributed by atoms with Crippen LogP contribution in [-0.2, 0) is 14.3 Å². The molecule has 18 heavy (non-hydrogen) atoms. The summed E-state index contributed by atoms with van der Waals surface area (Å²) >= 11 is 0. The average Bonchev–Trinajstić information content (AvgIpc) is 3.07. The Morgan fingerprint density at radius 2 is 2.28 bits per heavy atom. The van der Waals surface area contributed by atoms with Gasteiger partial charge in [0.2, 0.25) is 5.89 Å². The fourth-order valence-corrected chi connectivity index (χ4v) is 1.21. The second-order valence-corrected chi connectivity index (χ2v) is 4.06. The highest BCUT2D eigenvalue weighted by atomic mass is 16.5. The maximum Gasteiger partial charge on any atom is 0.332 e. The number of ether oxygens (including phenoxy) is 1. The fourth-order valence-electron chi connectivity index (χ4n) is 1.21. The van der Waals surface area contributed by atoms with E-state index in [4.69, 9.17) is 14.3 Å². The van der Waals surface area contributed by atoms with Gasteiger partial charge in [-0.3, -0.25) is 10.1 Å². The molecule has 0 spiro atoms. The lowest BCUT2D eigenvalue weighted by Crippen LogP contribution is -2.26. The van der Waals surface area contributed by atoms with E-state index in [1.165, 1.54) is 6.92 Å². The Bertz CT molecular complexity index is 454. The highest BCUT2D eigenvalue weighted by Crippen LogP contribution is 2.39. The number of hydrogen-bond donors (Lipinski definition) is 2. The minimum Gasteiger partial charge on any atom is -0.479 e. The number of aliphatic carboxylic acids is 1. The molecule has 1 heterocycles. The number of carboxylic acids is 1. The monoisotopic (exact) mass is 255 g/mol. The first-order chi connectivity index (χ1) is 8.56. The molecule has 1 amide bonds. The predicted octanol–water partition coefficient (Wildman–Crippen LogP) is 0.375. The third kappa shape index (κ3) is 3.27. The summed E-state index contributed by atoms with van der Waals surface area (Å²) in [5.74, 6) is -0.831. The first-order valence-corrected chi connectivity index (χ1v) is 5.54. The van der Waals surface area contributed by atoms with Gasteiger partial charge < -0.3 is 14.3 Å². The van der Waals surface area contributed by atoms with Crippen LogP contribution in [0, 0.1) is 0 Å². The SMILES string of the molecule is CC(OCC(=O)Nc1nnc(C2CC2)o1)C(=O)O. The third-order valence-electron chi connectivity index (χ3n) is 2.43. The van der Waals surface area contributed by atoms with Gasteiger partial charge in [0.15, 0.2) is 6.10 Å². The van der Waals surface area contributed by atoms with Crippen molar-refractivity contribution in [2.24, 2.45) is 0 Å². The van der Waals surface area contributed by atoms with Gasteiger partial charge in [-0.2, -0.15) is 0 Å². The van der Waals surface area contributed by atoms with Crippen LogP contribution in [0.15, 0.2) is 4.42 Å². The van der Waals surface area contributed by atoms with Gasteiger partial charge in [0, 0.05) is 5.92 Å². The van der Waals surface area contributed by atoms with Crippen molar-refractivity contribution in [1.29, 1.82) is 0 Å². The molecule has 1 unspecified atom stereocenters. The van der Waals surface area contributed by atoms with Gasteiger partial charge >= 0.3 is 12.0 Å². The highest BCUT2D eigenvalue weighted by molar-refractivity contribution is 5.89. The Morgan fingerprint density at radius 1 is 1.56 bits per heavy atom. The van der Waals surface area contributed by atoms with E-state index in [0.29, 0.717) is 11.8 Å². The van der Waals surface area contributed by atoms with E-state index >= 15 is 0 Å². The minimum atomic E-state index is -1.13. The Kier molecular flexibility index (Phi) is 3.56. The molecule has 0 bridgehead atoms. The van der Waals surface area contributed by atoms with E-state index in [1.54, 1.807) is 0 Å². The Morgan fingerprint density at radius 3 is 2.89 bits per heavy atom. The van der Waals surface area contributed by atoms with Gasteiger partial charge in [0.05, 0.1) is 0 Å². The third-order valence-corrected chi connectivity index (χ3v) is 2.43. The molecule has 1 aromatic heterocycles. The Labute approximate surface area is 102 Å². The van der Waals surface area contributed by atoms with Gasteiger partial charge in [-0.15, -0.1) is 5.10 Å². The molecule has 8 heteroatoms. The highest BCUT2D eigenvalue weighted by Gasteiger charge is 2.29. The van der Waals surface area contributed by atoms with Gasteiger partial charge in [-0.1, -0.05) is 5.10 Å². The van der Waals surface area contributed by atoms with E-state index in [9.17, 15) is 9.59 Å². The maximum atomic E-state index is 11.4. The van der Waals surface area contributed by atoms with Crippen molar-refractivity contribution in [3.05, 3.63) is 5.89 Å². The summed E-state index contributed by atoms with van der Waals surface area (Å²) < 4.78 is 10.0. The summed E-state index contributed by atoms with van der Waals surface area (Å²) in [5.41, 5.74) is 0. The first-order valence-electron chi connectivity index (χ1n) is 5.54. The average molecular weight is 255 g/mol. The number of aromatic nitrogens is 2. The van der Waals surface area contributed by atoms with Crippen molar-refractivity contribution in [2.45, 2.75) is 31.8 Å². The minimum absolute atomic E-state index is 0.00785. The van der Waals surface area contributed by atoms with Gasteiger partial charge in [-0.05, 0) is 19.8 Å². The summed E-state index contributed by atoms with van der Waals surface area (Å²) in [6, 6.07) is 0.00785. The number of nitrogens with one attached hydrogen (secondary N) is 1. The second kappa shape index (κ2) is 5.13. The summed E-state index contributed by atoms with van der Waals surface area (Å²) in [7, 11) is 0. The van der Waals surface area contributed by atoms with Crippen molar-refractivity contribution in [3.8, 4) is 0 Å². The number of amides is 1. The number of hydrogen-bond acceptors (Lipinski definition) is 6. The Hall–Kier alpha value is -1.96. The molecular formula is C10H13N3O5. The zero-order valence-electron chi connectivity index (χ0n) is 9.75. The van der Waals surface area contributed by atoms with Crippen molar-refractivity contribution in [1.82, 2.24) is 10.2 Å². The molecule has 0 aromatic carbocycles. The molecule has 1 saturated carbocycles. The number of anilines is 1. The van der Waals surface area contributed by atoms with Crippen LogP contribution in [0.3, 0.4) is 0 Å². The van der Waals surface area contributed by atoms with Crippen LogP contribution < -0.4 is 5.32 Å². The molecule has 2 rings (SSSR count). The molecule has 8 nitrogen and oxygen atoms in total. The van der Waals surface area contributed by atoms with E-state index in [0.717, 1.165) is 12.8 Å². The van der Waals surface area contributed by atoms with E-state index in [-0.39, 0.29) is 12.6 Å². The van der Waals surface area contributed by atoms with E-state index in [1.807, 2.05) is 0 Å². The van der Waals surface area contributed by atoms with Gasteiger partial charge in [-0.25, -0.2) is 4.79 Å². The summed E-state index contributed by atoms with van der Waals surface area (Å²) in [5, 5.41) is 18.3. The lowest BCUT2D eigenvalue weighted by Gasteiger charge is -2.06. The van der Waals surface area contributed by atoms with Crippen LogP contribution in [0.5, 0.6) is 0 Å². The van der Waals surface area contributed by atoms with Gasteiger partial charge in [0.1, 0.15) is 6.61 Å². The molecule has 2 N–H and O–H groups in total.